The first-order chi connectivity index (χ1) is 15.8. The minimum absolute atomic E-state index is 0.127. The maximum absolute atomic E-state index is 13.2. The number of rotatable bonds is 4. The standard InChI is InChI=1S/C27H40F3NO3/c1-17(15-31-12-11-26(34,16-31)27(28,29)30)21-8-9-22-20(5-4-10-25(21,22)3)7-6-19-13-23(32)18(2)24(33)14-19/h6-7,17,21-24,32-34H,2,4-5,8-16H2,1,3H3/b20-7+/t17-,21-,22+,23-,24-,25-,26?/m1/s1. The van der Waals surface area contributed by atoms with E-state index in [-0.39, 0.29) is 30.8 Å². The van der Waals surface area contributed by atoms with Gasteiger partial charge in [-0.05, 0) is 80.1 Å². The molecule has 0 bridgehead atoms. The van der Waals surface area contributed by atoms with Gasteiger partial charge in [0.15, 0.2) is 5.60 Å². The van der Waals surface area contributed by atoms with E-state index >= 15 is 0 Å². The van der Waals surface area contributed by atoms with E-state index in [0.717, 1.165) is 37.7 Å². The van der Waals surface area contributed by atoms with Crippen LogP contribution in [0, 0.1) is 23.2 Å². The average Bonchev–Trinajstić information content (AvgIpc) is 3.30. The fourth-order valence-corrected chi connectivity index (χ4v) is 7.43. The van der Waals surface area contributed by atoms with Crippen LogP contribution in [0.5, 0.6) is 0 Å². The van der Waals surface area contributed by atoms with Crippen LogP contribution in [0.15, 0.2) is 35.5 Å². The smallest absolute Gasteiger partial charge is 0.388 e. The molecule has 1 saturated heterocycles. The molecule has 3 N–H and O–H groups in total. The molecule has 7 atom stereocenters. The molecule has 192 valence electrons. The molecule has 4 aliphatic rings. The summed E-state index contributed by atoms with van der Waals surface area (Å²) < 4.78 is 39.7. The van der Waals surface area contributed by atoms with Crippen molar-refractivity contribution in [3.63, 3.8) is 0 Å². The van der Waals surface area contributed by atoms with Crippen LogP contribution in [0.3, 0.4) is 0 Å². The summed E-state index contributed by atoms with van der Waals surface area (Å²) >= 11 is 0. The number of aliphatic hydroxyl groups is 3. The zero-order chi connectivity index (χ0) is 24.9. The van der Waals surface area contributed by atoms with Crippen LogP contribution in [-0.4, -0.2) is 63.8 Å². The van der Waals surface area contributed by atoms with Gasteiger partial charge in [-0.2, -0.15) is 13.2 Å². The number of fused-ring (bicyclic) bond motifs is 1. The fourth-order valence-electron chi connectivity index (χ4n) is 7.43. The van der Waals surface area contributed by atoms with Gasteiger partial charge in [0.1, 0.15) is 0 Å². The fraction of sp³-hybridized carbons (Fsp3) is 0.778. The highest BCUT2D eigenvalue weighted by Crippen LogP contribution is 2.59. The Morgan fingerprint density at radius 1 is 1.15 bits per heavy atom. The van der Waals surface area contributed by atoms with Gasteiger partial charge in [0, 0.05) is 19.6 Å². The summed E-state index contributed by atoms with van der Waals surface area (Å²) in [6.45, 7) is 8.86. The van der Waals surface area contributed by atoms with E-state index in [1.54, 1.807) is 4.90 Å². The minimum atomic E-state index is -4.58. The van der Waals surface area contributed by atoms with Gasteiger partial charge in [0.25, 0.3) is 0 Å². The molecule has 1 heterocycles. The molecule has 3 aliphatic carbocycles. The Balaban J connectivity index is 1.43. The molecule has 4 rings (SSSR count). The highest BCUT2D eigenvalue weighted by molar-refractivity contribution is 5.29. The molecule has 0 aromatic heterocycles. The van der Waals surface area contributed by atoms with Crippen LogP contribution in [0.4, 0.5) is 13.2 Å². The maximum atomic E-state index is 13.2. The number of aliphatic hydroxyl groups excluding tert-OH is 2. The largest absolute Gasteiger partial charge is 0.418 e. The molecule has 34 heavy (non-hydrogen) atoms. The molecular weight excluding hydrogens is 443 g/mol. The van der Waals surface area contributed by atoms with Crippen LogP contribution < -0.4 is 0 Å². The molecule has 0 aromatic carbocycles. The molecule has 7 heteroatoms. The Morgan fingerprint density at radius 2 is 1.82 bits per heavy atom. The average molecular weight is 484 g/mol. The number of hydrogen-bond acceptors (Lipinski definition) is 4. The van der Waals surface area contributed by atoms with Crippen molar-refractivity contribution < 1.29 is 28.5 Å². The maximum Gasteiger partial charge on any atom is 0.418 e. The Labute approximate surface area is 201 Å². The van der Waals surface area contributed by atoms with Crippen LogP contribution in [0.1, 0.15) is 65.2 Å². The number of nitrogens with zero attached hydrogens (tertiary/aromatic N) is 1. The zero-order valence-electron chi connectivity index (χ0n) is 20.4. The van der Waals surface area contributed by atoms with Gasteiger partial charge in [-0.1, -0.05) is 43.7 Å². The molecule has 4 fully saturated rings. The predicted octanol–water partition coefficient (Wildman–Crippen LogP) is 4.76. The van der Waals surface area contributed by atoms with Gasteiger partial charge in [-0.15, -0.1) is 0 Å². The Bertz CT molecular complexity index is 837. The third-order valence-corrected chi connectivity index (χ3v) is 9.43. The molecule has 4 nitrogen and oxygen atoms in total. The summed E-state index contributed by atoms with van der Waals surface area (Å²) in [6, 6.07) is 0. The van der Waals surface area contributed by atoms with Crippen molar-refractivity contribution in [2.45, 2.75) is 89.2 Å². The topological polar surface area (TPSA) is 63.9 Å². The summed E-state index contributed by atoms with van der Waals surface area (Å²) in [5.41, 5.74) is 0.519. The summed E-state index contributed by atoms with van der Waals surface area (Å²) in [5.74, 6) is 1.16. The Morgan fingerprint density at radius 3 is 2.44 bits per heavy atom. The monoisotopic (exact) mass is 483 g/mol. The number of β-amino-alcohol motifs (C(OH)–C–C–N with tert-alkyl or cyclic N) is 1. The highest BCUT2D eigenvalue weighted by atomic mass is 19.4. The van der Waals surface area contributed by atoms with Gasteiger partial charge in [-0.25, -0.2) is 0 Å². The van der Waals surface area contributed by atoms with E-state index in [1.807, 2.05) is 0 Å². The zero-order valence-corrected chi connectivity index (χ0v) is 20.4. The summed E-state index contributed by atoms with van der Waals surface area (Å²) in [4.78, 5) is 1.80. The van der Waals surface area contributed by atoms with Crippen LogP contribution >= 0.6 is 0 Å². The van der Waals surface area contributed by atoms with E-state index in [0.29, 0.717) is 36.8 Å². The van der Waals surface area contributed by atoms with Crippen molar-refractivity contribution in [2.24, 2.45) is 23.2 Å². The SMILES string of the molecule is C=C1[C@H](O)CC(=C/C=C2\CCC[C@]3(C)[C@@H]([C@H](C)CN4CCC(O)(C(F)(F)F)C4)CC[C@@H]23)C[C@H]1O. The number of alkyl halides is 3. The van der Waals surface area contributed by atoms with Crippen LogP contribution in [-0.2, 0) is 0 Å². The number of halogens is 3. The van der Waals surface area contributed by atoms with Gasteiger partial charge >= 0.3 is 6.18 Å². The first-order valence-corrected chi connectivity index (χ1v) is 12.8. The normalized spacial score (nSPS) is 41.7. The van der Waals surface area contributed by atoms with E-state index in [2.05, 4.69) is 32.6 Å². The second kappa shape index (κ2) is 9.38. The molecule has 1 unspecified atom stereocenters. The van der Waals surface area contributed by atoms with E-state index in [1.165, 1.54) is 5.57 Å². The molecule has 0 spiro atoms. The van der Waals surface area contributed by atoms with Crippen molar-refractivity contribution in [3.8, 4) is 0 Å². The van der Waals surface area contributed by atoms with Crippen molar-refractivity contribution in [3.05, 3.63) is 35.5 Å². The number of hydrogen-bond donors (Lipinski definition) is 3. The lowest BCUT2D eigenvalue weighted by molar-refractivity contribution is -0.254. The van der Waals surface area contributed by atoms with Crippen molar-refractivity contribution in [1.29, 1.82) is 0 Å². The van der Waals surface area contributed by atoms with E-state index < -0.39 is 24.0 Å². The predicted molar refractivity (Wildman–Crippen MR) is 126 cm³/mol. The highest BCUT2D eigenvalue weighted by Gasteiger charge is 2.57. The molecule has 0 amide bonds. The van der Waals surface area contributed by atoms with E-state index in [4.69, 9.17) is 0 Å². The lowest BCUT2D eigenvalue weighted by Gasteiger charge is -2.45. The molecule has 3 saturated carbocycles. The minimum Gasteiger partial charge on any atom is -0.388 e. The van der Waals surface area contributed by atoms with Crippen LogP contribution in [0.25, 0.3) is 0 Å². The lowest BCUT2D eigenvalue weighted by atomic mass is 9.61. The quantitative estimate of drug-likeness (QED) is 0.505. The molecular formula is C27H40F3NO3. The first-order valence-electron chi connectivity index (χ1n) is 12.8. The van der Waals surface area contributed by atoms with Crippen molar-refractivity contribution >= 4 is 0 Å². The van der Waals surface area contributed by atoms with Crippen LogP contribution in [0.2, 0.25) is 0 Å². The second-order valence-corrected chi connectivity index (χ2v) is 11.7. The Hall–Kier alpha value is -1.15. The molecule has 1 aliphatic heterocycles. The second-order valence-electron chi connectivity index (χ2n) is 11.7. The molecule has 0 aromatic rings. The lowest BCUT2D eigenvalue weighted by Crippen LogP contribution is -2.48. The van der Waals surface area contributed by atoms with Gasteiger partial charge in [0.05, 0.1) is 12.2 Å². The molecule has 0 radical (unpaired) electrons. The number of likely N-dealkylation sites (tertiary alicyclic amines) is 1. The van der Waals surface area contributed by atoms with Gasteiger partial charge in [0.2, 0.25) is 0 Å². The summed E-state index contributed by atoms with van der Waals surface area (Å²) in [5, 5.41) is 30.3. The summed E-state index contributed by atoms with van der Waals surface area (Å²) in [6.07, 6.45) is 4.56. The van der Waals surface area contributed by atoms with E-state index in [9.17, 15) is 28.5 Å². The van der Waals surface area contributed by atoms with Crippen molar-refractivity contribution in [1.82, 2.24) is 4.90 Å². The van der Waals surface area contributed by atoms with Crippen molar-refractivity contribution in [2.75, 3.05) is 19.6 Å². The first kappa shape index (κ1) is 25.9. The van der Waals surface area contributed by atoms with Gasteiger partial charge < -0.3 is 15.3 Å². The van der Waals surface area contributed by atoms with Gasteiger partial charge in [-0.3, -0.25) is 4.90 Å². The summed E-state index contributed by atoms with van der Waals surface area (Å²) in [7, 11) is 0. The Kier molecular flexibility index (Phi) is 7.15. The third kappa shape index (κ3) is 4.78. The third-order valence-electron chi connectivity index (χ3n) is 9.43. The number of allylic oxidation sites excluding steroid dienone is 3.